The predicted octanol–water partition coefficient (Wildman–Crippen LogP) is 2.67. The molecule has 1 heterocycles. The minimum Gasteiger partial charge on any atom is -0.397 e. The molecule has 0 amide bonds. The molecule has 0 radical (unpaired) electrons. The highest BCUT2D eigenvalue weighted by Gasteiger charge is 2.06. The third-order valence-corrected chi connectivity index (χ3v) is 3.55. The summed E-state index contributed by atoms with van der Waals surface area (Å²) >= 11 is 3.88. The van der Waals surface area contributed by atoms with Crippen LogP contribution >= 0.6 is 33.9 Å². The largest absolute Gasteiger partial charge is 0.397 e. The molecule has 0 saturated carbocycles. The molecule has 0 aliphatic rings. The smallest absolute Gasteiger partial charge is 0.0690 e. The molecule has 0 fully saturated rings. The minimum atomic E-state index is 0.696. The zero-order valence-corrected chi connectivity index (χ0v) is 9.15. The van der Waals surface area contributed by atoms with Gasteiger partial charge in [0, 0.05) is 13.7 Å². The fourth-order valence-electron chi connectivity index (χ4n) is 1.12. The van der Waals surface area contributed by atoms with Gasteiger partial charge in [0.25, 0.3) is 0 Å². The van der Waals surface area contributed by atoms with E-state index in [0.717, 1.165) is 8.96 Å². The van der Waals surface area contributed by atoms with Gasteiger partial charge in [-0.25, -0.2) is 0 Å². The normalized spacial score (nSPS) is 10.8. The summed E-state index contributed by atoms with van der Waals surface area (Å²) in [5, 5.41) is 3.09. The van der Waals surface area contributed by atoms with Crippen molar-refractivity contribution < 1.29 is 0 Å². The van der Waals surface area contributed by atoms with Gasteiger partial charge in [-0.3, -0.25) is 0 Å². The van der Waals surface area contributed by atoms with Crippen LogP contribution in [0.4, 0.5) is 11.4 Å². The van der Waals surface area contributed by atoms with Gasteiger partial charge in [-0.1, -0.05) is 0 Å². The van der Waals surface area contributed by atoms with Crippen LogP contribution in [0.15, 0.2) is 17.5 Å². The molecule has 4 heteroatoms. The first-order valence-electron chi connectivity index (χ1n) is 3.41. The third-order valence-electron chi connectivity index (χ3n) is 1.79. The molecule has 62 valence electrons. The molecule has 12 heavy (non-hydrogen) atoms. The molecule has 1 aromatic heterocycles. The van der Waals surface area contributed by atoms with Crippen LogP contribution in [0, 0.1) is 3.57 Å². The monoisotopic (exact) mass is 290 g/mol. The Bertz CT molecular complexity index is 436. The maximum Gasteiger partial charge on any atom is 0.0690 e. The van der Waals surface area contributed by atoms with E-state index < -0.39 is 0 Å². The molecule has 0 bridgehead atoms. The summed E-state index contributed by atoms with van der Waals surface area (Å²) in [6.07, 6.45) is 0. The first-order valence-corrected chi connectivity index (χ1v) is 5.36. The predicted molar refractivity (Wildman–Crippen MR) is 63.4 cm³/mol. The van der Waals surface area contributed by atoms with Gasteiger partial charge in [-0.15, -0.1) is 11.3 Å². The molecule has 0 aliphatic carbocycles. The van der Waals surface area contributed by atoms with E-state index in [-0.39, 0.29) is 0 Å². The van der Waals surface area contributed by atoms with E-state index in [2.05, 4.69) is 28.7 Å². The third kappa shape index (κ3) is 1.06. The summed E-state index contributed by atoms with van der Waals surface area (Å²) in [7, 11) is 0. The van der Waals surface area contributed by atoms with Crippen molar-refractivity contribution >= 4 is 55.4 Å². The molecule has 2 rings (SSSR count). The Balaban J connectivity index is 2.94. The molecule has 2 aromatic rings. The lowest BCUT2D eigenvalue weighted by Crippen LogP contribution is -1.96. The number of nitrogens with two attached hydrogens (primary N) is 2. The molecule has 0 atom stereocenters. The number of nitrogen functional groups attached to an aromatic ring is 2. The van der Waals surface area contributed by atoms with Crippen LogP contribution in [0.2, 0.25) is 0 Å². The Morgan fingerprint density at radius 2 is 2.00 bits per heavy atom. The van der Waals surface area contributed by atoms with Crippen LogP contribution in [-0.2, 0) is 0 Å². The number of benzene rings is 1. The quantitative estimate of drug-likeness (QED) is 0.579. The molecular formula is C8H7IN2S. The summed E-state index contributed by atoms with van der Waals surface area (Å²) in [5.41, 5.74) is 13.0. The molecule has 0 aliphatic heterocycles. The molecular weight excluding hydrogens is 283 g/mol. The van der Waals surface area contributed by atoms with Gasteiger partial charge < -0.3 is 11.5 Å². The number of thiophene rings is 1. The number of rotatable bonds is 0. The van der Waals surface area contributed by atoms with Crippen molar-refractivity contribution in [2.45, 2.75) is 0 Å². The molecule has 4 N–H and O–H groups in total. The highest BCUT2D eigenvalue weighted by Crippen LogP contribution is 2.33. The lowest BCUT2D eigenvalue weighted by molar-refractivity contribution is 1.70. The van der Waals surface area contributed by atoms with Gasteiger partial charge in [0.05, 0.1) is 11.4 Å². The minimum absolute atomic E-state index is 0.696. The van der Waals surface area contributed by atoms with Crippen molar-refractivity contribution in [2.75, 3.05) is 11.5 Å². The van der Waals surface area contributed by atoms with Gasteiger partial charge >= 0.3 is 0 Å². The first-order chi connectivity index (χ1) is 5.70. The van der Waals surface area contributed by atoms with Crippen molar-refractivity contribution in [3.05, 3.63) is 21.1 Å². The average Bonchev–Trinajstić information content (AvgIpc) is 2.48. The highest BCUT2D eigenvalue weighted by atomic mass is 127. The van der Waals surface area contributed by atoms with Crippen molar-refractivity contribution in [3.8, 4) is 0 Å². The summed E-state index contributed by atoms with van der Waals surface area (Å²) in [6, 6.07) is 4.06. The Hall–Kier alpha value is -0.490. The second-order valence-electron chi connectivity index (χ2n) is 2.52. The lowest BCUT2D eigenvalue weighted by atomic mass is 10.2. The highest BCUT2D eigenvalue weighted by molar-refractivity contribution is 14.1. The summed E-state index contributed by atoms with van der Waals surface area (Å²) in [5.74, 6) is 0. The van der Waals surface area contributed by atoms with E-state index in [4.69, 9.17) is 11.5 Å². The van der Waals surface area contributed by atoms with Gasteiger partial charge in [-0.05, 0) is 40.1 Å². The van der Waals surface area contributed by atoms with E-state index in [0.29, 0.717) is 11.4 Å². The van der Waals surface area contributed by atoms with Gasteiger partial charge in [0.15, 0.2) is 0 Å². The van der Waals surface area contributed by atoms with E-state index in [1.165, 1.54) is 4.70 Å². The van der Waals surface area contributed by atoms with Crippen molar-refractivity contribution in [2.24, 2.45) is 0 Å². The zero-order valence-electron chi connectivity index (χ0n) is 6.17. The van der Waals surface area contributed by atoms with Crippen LogP contribution in [-0.4, -0.2) is 0 Å². The van der Waals surface area contributed by atoms with Gasteiger partial charge in [-0.2, -0.15) is 0 Å². The number of halogens is 1. The number of hydrogen-bond donors (Lipinski definition) is 2. The second-order valence-corrected chi connectivity index (χ2v) is 4.63. The van der Waals surface area contributed by atoms with Crippen LogP contribution < -0.4 is 11.5 Å². The van der Waals surface area contributed by atoms with Crippen molar-refractivity contribution in [1.29, 1.82) is 0 Å². The molecule has 0 unspecified atom stereocenters. The van der Waals surface area contributed by atoms with E-state index in [9.17, 15) is 0 Å². The van der Waals surface area contributed by atoms with E-state index >= 15 is 0 Å². The summed E-state index contributed by atoms with van der Waals surface area (Å²) < 4.78 is 2.23. The van der Waals surface area contributed by atoms with E-state index in [1.54, 1.807) is 11.3 Å². The Morgan fingerprint density at radius 3 is 2.75 bits per heavy atom. The maximum atomic E-state index is 5.84. The SMILES string of the molecule is Nc1c(I)cc2sccc2c1N. The molecule has 2 nitrogen and oxygen atoms in total. The maximum absolute atomic E-state index is 5.84. The van der Waals surface area contributed by atoms with Gasteiger partial charge in [0.2, 0.25) is 0 Å². The van der Waals surface area contributed by atoms with Crippen LogP contribution in [0.3, 0.4) is 0 Å². The second kappa shape index (κ2) is 2.77. The van der Waals surface area contributed by atoms with E-state index in [1.807, 2.05) is 11.4 Å². The number of hydrogen-bond acceptors (Lipinski definition) is 3. The van der Waals surface area contributed by atoms with Crippen LogP contribution in [0.5, 0.6) is 0 Å². The number of anilines is 2. The average molecular weight is 290 g/mol. The molecule has 1 aromatic carbocycles. The standard InChI is InChI=1S/C8H7IN2S/c9-5-3-6-4(1-2-12-6)7(10)8(5)11/h1-3H,10-11H2. The summed E-state index contributed by atoms with van der Waals surface area (Å²) in [6.45, 7) is 0. The first kappa shape index (κ1) is 8.12. The fraction of sp³-hybridized carbons (Fsp3) is 0. The van der Waals surface area contributed by atoms with Crippen molar-refractivity contribution in [3.63, 3.8) is 0 Å². The topological polar surface area (TPSA) is 52.0 Å². The van der Waals surface area contributed by atoms with Crippen LogP contribution in [0.25, 0.3) is 10.1 Å². The summed E-state index contributed by atoms with van der Waals surface area (Å²) in [4.78, 5) is 0. The van der Waals surface area contributed by atoms with Gasteiger partial charge in [0.1, 0.15) is 0 Å². The lowest BCUT2D eigenvalue weighted by Gasteiger charge is -2.03. The Morgan fingerprint density at radius 1 is 1.25 bits per heavy atom. The number of fused-ring (bicyclic) bond motifs is 1. The van der Waals surface area contributed by atoms with Crippen LogP contribution in [0.1, 0.15) is 0 Å². The molecule has 0 spiro atoms. The Kier molecular flexibility index (Phi) is 1.88. The zero-order chi connectivity index (χ0) is 8.72. The van der Waals surface area contributed by atoms with Crippen molar-refractivity contribution in [1.82, 2.24) is 0 Å². The Labute approximate surface area is 87.7 Å². The molecule has 0 saturated heterocycles. The fourth-order valence-corrected chi connectivity index (χ4v) is 2.78.